The summed E-state index contributed by atoms with van der Waals surface area (Å²) in [5.41, 5.74) is -1.73. The van der Waals surface area contributed by atoms with Crippen LogP contribution in [0.4, 0.5) is 0 Å². The summed E-state index contributed by atoms with van der Waals surface area (Å²) in [6.07, 6.45) is 5.28. The minimum Gasteiger partial charge on any atom is -0.510 e. The number of para-hydroxylation sites is 1. The Hall–Kier alpha value is -8.11. The fraction of sp³-hybridized carbons (Fsp3) is 0.167. The molecule has 0 spiro atoms. The minimum atomic E-state index is -2.97. The van der Waals surface area contributed by atoms with Crippen molar-refractivity contribution in [1.29, 1.82) is 0 Å². The molecule has 0 N–H and O–H groups in total. The van der Waals surface area contributed by atoms with Crippen LogP contribution in [0.25, 0.3) is 106 Å². The molecule has 0 amide bonds. The summed E-state index contributed by atoms with van der Waals surface area (Å²) in [7, 11) is 0. The molecule has 0 atom stereocenters. The maximum atomic E-state index is 10.0. The number of hydrogen-bond donors (Lipinski definition) is 0. The fourth-order valence-electron chi connectivity index (χ4n) is 10.7. The summed E-state index contributed by atoms with van der Waals surface area (Å²) >= 11 is 0. The summed E-state index contributed by atoms with van der Waals surface area (Å²) in [6, 6.07) is 35.2. The van der Waals surface area contributed by atoms with Gasteiger partial charge in [0.15, 0.2) is 0 Å². The number of benzene rings is 9. The van der Waals surface area contributed by atoms with Crippen molar-refractivity contribution in [1.82, 2.24) is 14.1 Å². The van der Waals surface area contributed by atoms with Crippen LogP contribution in [0.5, 0.6) is 11.5 Å². The Bertz CT molecular complexity index is 5270. The van der Waals surface area contributed by atoms with Gasteiger partial charge < -0.3 is 13.9 Å². The van der Waals surface area contributed by atoms with Crippen LogP contribution in [0.2, 0.25) is 0 Å². The second-order valence-electron chi connectivity index (χ2n) is 21.4. The van der Waals surface area contributed by atoms with Crippen molar-refractivity contribution in [3.05, 3.63) is 234 Å². The predicted molar refractivity (Wildman–Crippen MR) is 317 cm³/mol. The molecule has 0 fully saturated rings. The molecule has 0 saturated carbocycles. The number of nitrogens with zero attached hydrogens (tertiary/aromatic N) is 4. The maximum absolute atomic E-state index is 10.0. The number of ether oxygens (including phenoxy) is 1. The topological polar surface area (TPSA) is 35.9 Å². The van der Waals surface area contributed by atoms with Gasteiger partial charge in [0.25, 0.3) is 6.33 Å². The zero-order chi connectivity index (χ0) is 70.0. The number of aromatic nitrogens is 4. The first-order valence-electron chi connectivity index (χ1n) is 35.1. The number of rotatable bonds is 6. The van der Waals surface area contributed by atoms with E-state index >= 15 is 0 Å². The van der Waals surface area contributed by atoms with Crippen molar-refractivity contribution >= 4 is 32.8 Å². The second-order valence-corrected chi connectivity index (χ2v) is 21.4. The Morgan fingerprint density at radius 3 is 1.78 bits per heavy atom. The van der Waals surface area contributed by atoms with Crippen molar-refractivity contribution in [3.63, 3.8) is 0 Å². The summed E-state index contributed by atoms with van der Waals surface area (Å²) in [6.45, 7) is 0.0286. The smallest absolute Gasteiger partial charge is 0.268 e. The van der Waals surface area contributed by atoms with Gasteiger partial charge in [-0.3, -0.25) is 4.57 Å². The monoisotopic (exact) mass is 1210 g/mol. The average molecular weight is 1210 g/mol. The van der Waals surface area contributed by atoms with Gasteiger partial charge in [0, 0.05) is 60.7 Å². The zero-order valence-electron chi connectivity index (χ0n) is 63.2. The number of fused-ring (bicyclic) bond motifs is 10. The first kappa shape index (κ1) is 32.6. The van der Waals surface area contributed by atoms with Crippen LogP contribution in [-0.4, -0.2) is 14.1 Å². The summed E-state index contributed by atoms with van der Waals surface area (Å²) in [5, 5.41) is 1.82. The summed E-state index contributed by atoms with van der Waals surface area (Å²) in [4.78, 5) is 4.83. The van der Waals surface area contributed by atoms with Crippen LogP contribution >= 0.6 is 0 Å². The number of imidazole rings is 1. The summed E-state index contributed by atoms with van der Waals surface area (Å²) < 4.78 is 195. The van der Waals surface area contributed by atoms with E-state index in [4.69, 9.17) is 26.2 Å². The molecule has 6 heteroatoms. The Kier molecular flexibility index (Phi) is 7.98. The third kappa shape index (κ3) is 8.42. The van der Waals surface area contributed by atoms with Gasteiger partial charge >= 0.3 is 0 Å². The Morgan fingerprint density at radius 2 is 1.14 bits per heavy atom. The van der Waals surface area contributed by atoms with Gasteiger partial charge in [-0.15, -0.1) is 29.7 Å². The van der Waals surface area contributed by atoms with Crippen LogP contribution in [-0.2, 0) is 31.9 Å². The van der Waals surface area contributed by atoms with Crippen LogP contribution in [0.3, 0.4) is 0 Å². The zero-order valence-corrected chi connectivity index (χ0v) is 45.5. The standard InChI is InChI=1S/C72H60N4O.Pt/c1-44-20-17-21-45(2)67(44)48-36-60-56-28-13-11-26-54(56)55-27-12-14-29-57(55)61-37-49(68-46(3)22-18-23-47(68)4)39-65-70(61)75(69(60)62(38-48)72(8,9)10)43-74(65)51-24-19-25-52(41-51)77-53-32-33-59-58-30-15-16-31-63(58)76(64(59)42-53)66-40-50(34-35-73-66)71(5,6)7;/h11-40H,1-10H3;/q-2;/i1D3,2D3,3D3,4D3,11D,12D,13D,14D,26D,27D,28D,29D;. The number of aryl methyl sites for hydroxylation is 4. The first-order valence-corrected chi connectivity index (χ1v) is 25.1. The molecule has 0 aliphatic carbocycles. The van der Waals surface area contributed by atoms with Crippen LogP contribution in [0.15, 0.2) is 182 Å². The van der Waals surface area contributed by atoms with E-state index in [9.17, 15) is 11.0 Å². The molecule has 12 aromatic rings. The molecular weight excluding hydrogens is 1130 g/mol. The summed E-state index contributed by atoms with van der Waals surface area (Å²) in [5.74, 6) is 1.07. The predicted octanol–water partition coefficient (Wildman–Crippen LogP) is 18.1. The van der Waals surface area contributed by atoms with Gasteiger partial charge in [-0.05, 0) is 169 Å². The molecule has 5 nitrogen and oxygen atoms in total. The maximum Gasteiger partial charge on any atom is 0.268 e. The fourth-order valence-corrected chi connectivity index (χ4v) is 10.7. The number of pyridine rings is 1. The first-order chi connectivity index (χ1) is 45.3. The molecule has 0 saturated heterocycles. The van der Waals surface area contributed by atoms with Crippen molar-refractivity contribution < 1.29 is 57.8 Å². The molecule has 3 aromatic heterocycles. The van der Waals surface area contributed by atoms with E-state index in [2.05, 4.69) is 39.2 Å². The third-order valence-corrected chi connectivity index (χ3v) is 14.4. The quantitative estimate of drug-likeness (QED) is 0.123. The largest absolute Gasteiger partial charge is 0.510 e. The second kappa shape index (κ2) is 19.1. The van der Waals surface area contributed by atoms with E-state index in [0.717, 1.165) is 21.9 Å². The Balaban J connectivity index is 0.00000914. The van der Waals surface area contributed by atoms with Crippen molar-refractivity contribution in [2.45, 2.75) is 79.8 Å². The van der Waals surface area contributed by atoms with E-state index in [1.54, 1.807) is 41.1 Å². The molecule has 1 aliphatic rings. The van der Waals surface area contributed by atoms with Crippen LogP contribution in [0.1, 0.15) is 102 Å². The van der Waals surface area contributed by atoms with Crippen molar-refractivity contribution in [2.24, 2.45) is 0 Å². The van der Waals surface area contributed by atoms with Crippen LogP contribution in [0, 0.1) is 45.9 Å². The molecule has 386 valence electrons. The van der Waals surface area contributed by atoms with Gasteiger partial charge in [0.1, 0.15) is 5.82 Å². The van der Waals surface area contributed by atoms with Gasteiger partial charge in [-0.1, -0.05) is 162 Å². The van der Waals surface area contributed by atoms with Gasteiger partial charge in [0.05, 0.1) is 27.7 Å². The third-order valence-electron chi connectivity index (χ3n) is 14.4. The van der Waals surface area contributed by atoms with Gasteiger partial charge in [-0.25, -0.2) is 4.98 Å². The molecule has 1 aliphatic heterocycles. The molecule has 9 aromatic carbocycles. The Morgan fingerprint density at radius 1 is 0.551 bits per heavy atom. The van der Waals surface area contributed by atoms with Gasteiger partial charge in [-0.2, -0.15) is 18.2 Å². The van der Waals surface area contributed by atoms with Crippen LogP contribution < -0.4 is 9.30 Å². The molecule has 0 bridgehead atoms. The SMILES string of the molecule is [2H]c1c([2H])c([2H])c2c(c1[2H])-c1cc(-c3c(C([2H])([2H])[2H])cccc3C([2H])([2H])[2H])cc(C(C)(C)C)c1-[n+]1[c-]n(-c3[c-]c(Oc4[c-]c5c(cc4)c4ccccc4n5-c4cc(C(C)(C)C)ccn4)ccc3)c3cc(-c4c(C([2H])([2H])[2H])cccc4C([2H])([2H])[2H])cc(c31)-c1c([2H])c([2H])c([2H])c([2H])c1-2.[Pt]. The van der Waals surface area contributed by atoms with Gasteiger partial charge in [0.2, 0.25) is 0 Å². The van der Waals surface area contributed by atoms with E-state index in [0.29, 0.717) is 16.9 Å². The Labute approximate surface area is 500 Å². The molecule has 4 heterocycles. The van der Waals surface area contributed by atoms with Crippen molar-refractivity contribution in [2.75, 3.05) is 0 Å². The van der Waals surface area contributed by atoms with Crippen molar-refractivity contribution in [3.8, 4) is 84.3 Å². The molecular formula is C72H60N4OPt-2. The van der Waals surface area contributed by atoms with E-state index < -0.39 is 92.3 Å². The van der Waals surface area contributed by atoms with E-state index in [1.807, 2.05) is 67.8 Å². The minimum absolute atomic E-state index is 0. The molecule has 0 radical (unpaired) electrons. The van der Waals surface area contributed by atoms with E-state index in [-0.39, 0.29) is 127 Å². The molecule has 0 unspecified atom stereocenters. The number of hydrogen-bond acceptors (Lipinski definition) is 2. The molecule has 13 rings (SSSR count). The van der Waals surface area contributed by atoms with E-state index in [1.165, 1.54) is 59.2 Å². The normalized spacial score (nSPS) is 16.5. The average Bonchev–Trinajstić information content (AvgIpc) is 1.44. The molecule has 78 heavy (non-hydrogen) atoms.